The molecule has 2 amide bonds. The summed E-state index contributed by atoms with van der Waals surface area (Å²) >= 11 is 1.43. The number of ether oxygens (including phenoxy) is 2. The molecule has 2 aliphatic heterocycles. The highest BCUT2D eigenvalue weighted by Gasteiger charge is 2.24. The van der Waals surface area contributed by atoms with E-state index in [0.717, 1.165) is 53.7 Å². The first-order valence-corrected chi connectivity index (χ1v) is 15.1. The molecule has 0 bridgehead atoms. The standard InChI is InChI=1S/C13H7FO2S.C9H9N3O.C8H16N2O.C2H4F2O/c14-9-6-13-11(5-8(9)7-15)16-10-3-1-2-4-12(10)17-13;13-6-11-5-8-3-7-4-10-2-1-9(7)12-8;1-7-4-3-5-10(7)8(11)6-9-2;1-5-2(3)4/h1-7H;1-4,6,12H,5H2,(H,11,13);7,9H,3-6H2,1-2H3;2H,1H3. The summed E-state index contributed by atoms with van der Waals surface area (Å²) in [6, 6.07) is 14.6. The van der Waals surface area contributed by atoms with Crippen molar-refractivity contribution in [2.45, 2.75) is 48.8 Å². The lowest BCUT2D eigenvalue weighted by Gasteiger charge is -2.20. The first kappa shape index (κ1) is 36.1. The molecule has 14 heteroatoms. The lowest BCUT2D eigenvalue weighted by molar-refractivity contribution is -0.130. The van der Waals surface area contributed by atoms with E-state index >= 15 is 0 Å². The van der Waals surface area contributed by atoms with Gasteiger partial charge in [-0.2, -0.15) is 8.78 Å². The number of carbonyl (C=O) groups excluding carboxylic acids is 3. The van der Waals surface area contributed by atoms with Gasteiger partial charge in [-0.1, -0.05) is 23.9 Å². The number of fused-ring (bicyclic) bond motifs is 3. The van der Waals surface area contributed by atoms with E-state index < -0.39 is 12.4 Å². The Balaban J connectivity index is 0.000000179. The fraction of sp³-hybridized carbons (Fsp3) is 0.312. The van der Waals surface area contributed by atoms with Gasteiger partial charge in [0.25, 0.3) is 0 Å². The lowest BCUT2D eigenvalue weighted by Crippen LogP contribution is -2.38. The largest absolute Gasteiger partial charge is 0.455 e. The van der Waals surface area contributed by atoms with Crippen molar-refractivity contribution in [1.82, 2.24) is 25.5 Å². The van der Waals surface area contributed by atoms with E-state index in [1.54, 1.807) is 19.4 Å². The van der Waals surface area contributed by atoms with Crippen LogP contribution in [0.5, 0.6) is 11.5 Å². The number of carbonyl (C=O) groups is 3. The Hall–Kier alpha value is -4.40. The van der Waals surface area contributed by atoms with Gasteiger partial charge in [-0.3, -0.25) is 19.4 Å². The van der Waals surface area contributed by atoms with Gasteiger partial charge in [0.05, 0.1) is 28.4 Å². The van der Waals surface area contributed by atoms with Gasteiger partial charge >= 0.3 is 6.61 Å². The second kappa shape index (κ2) is 18.5. The minimum Gasteiger partial charge on any atom is -0.455 e. The zero-order valence-electron chi connectivity index (χ0n) is 25.6. The number of alkyl halides is 2. The number of pyridine rings is 1. The average molecular weight is 660 g/mol. The van der Waals surface area contributed by atoms with Crippen molar-refractivity contribution < 1.29 is 37.0 Å². The van der Waals surface area contributed by atoms with Gasteiger partial charge in [-0.25, -0.2) is 4.39 Å². The summed E-state index contributed by atoms with van der Waals surface area (Å²) in [5, 5.41) is 6.53. The van der Waals surface area contributed by atoms with Crippen molar-refractivity contribution >= 4 is 41.3 Å². The fourth-order valence-corrected chi connectivity index (χ4v) is 5.45. The Morgan fingerprint density at radius 1 is 1.20 bits per heavy atom. The summed E-state index contributed by atoms with van der Waals surface area (Å²) in [5.41, 5.74) is 2.04. The number of hydrogen-bond donors (Lipinski definition) is 3. The number of nitrogens with one attached hydrogen (secondary N) is 3. The van der Waals surface area contributed by atoms with Crippen LogP contribution in [0.1, 0.15) is 35.8 Å². The number of benzene rings is 2. The highest BCUT2D eigenvalue weighted by Crippen LogP contribution is 2.47. The molecule has 3 N–H and O–H groups in total. The van der Waals surface area contributed by atoms with Crippen molar-refractivity contribution in [3.63, 3.8) is 0 Å². The summed E-state index contributed by atoms with van der Waals surface area (Å²) in [6.07, 6.45) is 7.02. The van der Waals surface area contributed by atoms with Crippen LogP contribution in [-0.2, 0) is 20.9 Å². The molecule has 1 fully saturated rings. The number of rotatable bonds is 7. The Morgan fingerprint density at radius 2 is 1.96 bits per heavy atom. The second-order valence-corrected chi connectivity index (χ2v) is 11.0. The molecule has 10 nitrogen and oxygen atoms in total. The van der Waals surface area contributed by atoms with Crippen molar-refractivity contribution in [2.75, 3.05) is 27.2 Å². The predicted molar refractivity (Wildman–Crippen MR) is 169 cm³/mol. The van der Waals surface area contributed by atoms with Crippen LogP contribution in [-0.4, -0.2) is 73.4 Å². The summed E-state index contributed by atoms with van der Waals surface area (Å²) in [4.78, 5) is 42.8. The maximum absolute atomic E-state index is 13.5. The van der Waals surface area contributed by atoms with Gasteiger partial charge in [0.2, 0.25) is 12.3 Å². The quantitative estimate of drug-likeness (QED) is 0.188. The Bertz CT molecular complexity index is 1560. The van der Waals surface area contributed by atoms with Crippen molar-refractivity contribution in [2.24, 2.45) is 0 Å². The molecule has 6 rings (SSSR count). The zero-order chi connectivity index (χ0) is 33.5. The maximum atomic E-state index is 13.5. The number of amides is 2. The molecule has 2 aliphatic rings. The number of methoxy groups -OCH3 is 1. The molecule has 0 saturated carbocycles. The number of H-pyrrole nitrogens is 1. The first-order chi connectivity index (χ1) is 22.2. The third kappa shape index (κ3) is 10.6. The minimum absolute atomic E-state index is 0.0173. The van der Waals surface area contributed by atoms with Crippen LogP contribution in [0.15, 0.2) is 70.7 Å². The molecular weight excluding hydrogens is 623 g/mol. The van der Waals surface area contributed by atoms with Crippen LogP contribution in [0, 0.1) is 5.82 Å². The molecule has 0 spiro atoms. The van der Waals surface area contributed by atoms with Crippen molar-refractivity contribution in [3.05, 3.63) is 78.0 Å². The van der Waals surface area contributed by atoms with E-state index in [9.17, 15) is 27.6 Å². The molecule has 46 heavy (non-hydrogen) atoms. The number of nitrogens with zero attached hydrogens (tertiary/aromatic N) is 2. The minimum atomic E-state index is -2.62. The number of para-hydroxylation sites is 1. The number of aldehydes is 1. The van der Waals surface area contributed by atoms with E-state index in [1.165, 1.54) is 23.9 Å². The van der Waals surface area contributed by atoms with E-state index in [2.05, 4.69) is 32.3 Å². The summed E-state index contributed by atoms with van der Waals surface area (Å²) < 4.78 is 43.6. The van der Waals surface area contributed by atoms with E-state index in [0.29, 0.717) is 42.5 Å². The number of halogens is 3. The number of likely N-dealkylation sites (tertiary alicyclic amines) is 1. The number of hydrogen-bond acceptors (Lipinski definition) is 8. The highest BCUT2D eigenvalue weighted by atomic mass is 32.2. The highest BCUT2D eigenvalue weighted by molar-refractivity contribution is 7.99. The molecule has 4 heterocycles. The summed E-state index contributed by atoms with van der Waals surface area (Å²) in [5.74, 6) is 0.970. The molecule has 0 radical (unpaired) electrons. The zero-order valence-corrected chi connectivity index (χ0v) is 26.4. The molecular formula is C32H36F3N5O5S. The van der Waals surface area contributed by atoms with Gasteiger partial charge < -0.3 is 30.0 Å². The molecule has 1 atom stereocenters. The van der Waals surface area contributed by atoms with E-state index in [-0.39, 0.29) is 11.5 Å². The second-order valence-electron chi connectivity index (χ2n) is 9.95. The molecule has 246 valence electrons. The SMILES string of the molecule is CNCC(=O)N1CCCC1C.COC(F)F.O=CNCc1cc2cnccc2[nH]1.O=Cc1cc2c(cc1F)Sc1ccccc1O2. The van der Waals surface area contributed by atoms with Gasteiger partial charge in [0, 0.05) is 48.7 Å². The van der Waals surface area contributed by atoms with Crippen LogP contribution in [0.4, 0.5) is 13.2 Å². The van der Waals surface area contributed by atoms with Crippen LogP contribution >= 0.6 is 11.8 Å². The Kier molecular flexibility index (Phi) is 14.5. The van der Waals surface area contributed by atoms with E-state index in [1.807, 2.05) is 41.3 Å². The van der Waals surface area contributed by atoms with Gasteiger partial charge in [-0.15, -0.1) is 0 Å². The molecule has 2 aromatic carbocycles. The lowest BCUT2D eigenvalue weighted by atomic mass is 10.2. The predicted octanol–water partition coefficient (Wildman–Crippen LogP) is 5.78. The Morgan fingerprint density at radius 3 is 2.59 bits per heavy atom. The van der Waals surface area contributed by atoms with Crippen LogP contribution in [0.25, 0.3) is 10.9 Å². The fourth-order valence-electron chi connectivity index (χ4n) is 4.49. The van der Waals surface area contributed by atoms with Crippen molar-refractivity contribution in [3.8, 4) is 11.5 Å². The van der Waals surface area contributed by atoms with Gasteiger partial charge in [0.1, 0.15) is 17.3 Å². The average Bonchev–Trinajstić information content (AvgIpc) is 3.69. The van der Waals surface area contributed by atoms with Crippen molar-refractivity contribution in [1.29, 1.82) is 0 Å². The van der Waals surface area contributed by atoms with Crippen LogP contribution in [0.2, 0.25) is 0 Å². The molecule has 1 saturated heterocycles. The van der Waals surface area contributed by atoms with Crippen LogP contribution < -0.4 is 15.4 Å². The third-order valence-corrected chi connectivity index (χ3v) is 7.81. The normalized spacial score (nSPS) is 14.2. The molecule has 4 aromatic rings. The van der Waals surface area contributed by atoms with Crippen LogP contribution in [0.3, 0.4) is 0 Å². The third-order valence-electron chi connectivity index (χ3n) is 6.71. The molecule has 0 aliphatic carbocycles. The number of likely N-dealkylation sites (N-methyl/N-ethyl adjacent to an activating group) is 1. The summed E-state index contributed by atoms with van der Waals surface area (Å²) in [6.45, 7) is 1.44. The maximum Gasteiger partial charge on any atom is 0.345 e. The topological polar surface area (TPSA) is 126 Å². The van der Waals surface area contributed by atoms with E-state index in [4.69, 9.17) is 4.74 Å². The Labute approximate surface area is 269 Å². The molecule has 1 unspecified atom stereocenters. The smallest absolute Gasteiger partial charge is 0.345 e. The number of aromatic amines is 1. The number of aromatic nitrogens is 2. The van der Waals surface area contributed by atoms with Gasteiger partial charge in [-0.05, 0) is 63.2 Å². The summed E-state index contributed by atoms with van der Waals surface area (Å²) in [7, 11) is 2.75. The van der Waals surface area contributed by atoms with Gasteiger partial charge in [0.15, 0.2) is 6.29 Å². The first-order valence-electron chi connectivity index (χ1n) is 14.3. The molecule has 2 aromatic heterocycles. The monoisotopic (exact) mass is 659 g/mol.